The van der Waals surface area contributed by atoms with Crippen LogP contribution in [0.3, 0.4) is 0 Å². The highest BCUT2D eigenvalue weighted by atomic mass is 16.6. The first kappa shape index (κ1) is 20.4. The molecule has 0 saturated carbocycles. The maximum atomic E-state index is 12.0. The van der Waals surface area contributed by atoms with Gasteiger partial charge in [0.15, 0.2) is 0 Å². The van der Waals surface area contributed by atoms with E-state index in [0.717, 1.165) is 0 Å². The lowest BCUT2D eigenvalue weighted by atomic mass is 10.0. The molecule has 0 aromatic heterocycles. The molecule has 0 rings (SSSR count). The minimum atomic E-state index is -1.11. The first-order valence-corrected chi connectivity index (χ1v) is 7.32. The lowest BCUT2D eigenvalue weighted by Gasteiger charge is -2.23. The molecule has 0 fully saturated rings. The third kappa shape index (κ3) is 8.61. The summed E-state index contributed by atoms with van der Waals surface area (Å²) in [6, 6.07) is -1.85. The maximum absolute atomic E-state index is 12.0. The van der Waals surface area contributed by atoms with Crippen molar-refractivity contribution in [1.82, 2.24) is 5.32 Å². The number of nitrogens with two attached hydrogens (primary N) is 1. The molecule has 0 aliphatic rings. The molecule has 1 amide bonds. The molecule has 0 aliphatic carbocycles. The van der Waals surface area contributed by atoms with Crippen LogP contribution in [-0.4, -0.2) is 42.6 Å². The van der Waals surface area contributed by atoms with Crippen LogP contribution in [0.5, 0.6) is 0 Å². The molecule has 2 atom stereocenters. The van der Waals surface area contributed by atoms with Crippen LogP contribution in [0, 0.1) is 5.92 Å². The maximum Gasteiger partial charge on any atom is 0.328 e. The van der Waals surface area contributed by atoms with Gasteiger partial charge in [-0.1, -0.05) is 13.8 Å². The van der Waals surface area contributed by atoms with Gasteiger partial charge in [0.25, 0.3) is 0 Å². The molecular weight excluding hydrogens is 288 g/mol. The van der Waals surface area contributed by atoms with E-state index in [9.17, 15) is 14.4 Å². The second-order valence-corrected chi connectivity index (χ2v) is 6.61. The highest BCUT2D eigenvalue weighted by molar-refractivity contribution is 5.90. The fourth-order valence-electron chi connectivity index (χ4n) is 1.78. The number of rotatable bonds is 7. The minimum absolute atomic E-state index is 0.239. The first-order chi connectivity index (χ1) is 9.96. The smallest absolute Gasteiger partial charge is 0.328 e. The first-order valence-electron chi connectivity index (χ1n) is 7.32. The Morgan fingerprint density at radius 2 is 1.73 bits per heavy atom. The third-order valence-electron chi connectivity index (χ3n) is 2.66. The van der Waals surface area contributed by atoms with Crippen molar-refractivity contribution in [2.45, 2.75) is 65.1 Å². The highest BCUT2D eigenvalue weighted by Crippen LogP contribution is 2.10. The summed E-state index contributed by atoms with van der Waals surface area (Å²) in [7, 11) is 1.19. The molecule has 0 radical (unpaired) electrons. The van der Waals surface area contributed by atoms with E-state index >= 15 is 0 Å². The van der Waals surface area contributed by atoms with Crippen LogP contribution in [-0.2, 0) is 23.9 Å². The van der Waals surface area contributed by atoms with E-state index in [0.29, 0.717) is 6.42 Å². The quantitative estimate of drug-likeness (QED) is 0.671. The average molecular weight is 316 g/mol. The molecule has 128 valence electrons. The summed E-state index contributed by atoms with van der Waals surface area (Å²) in [5.74, 6) is -1.56. The van der Waals surface area contributed by atoms with Crippen LogP contribution in [0.15, 0.2) is 0 Å². The average Bonchev–Trinajstić information content (AvgIpc) is 2.33. The van der Waals surface area contributed by atoms with Gasteiger partial charge in [0.2, 0.25) is 5.91 Å². The summed E-state index contributed by atoms with van der Waals surface area (Å²) < 4.78 is 9.74. The molecule has 0 heterocycles. The van der Waals surface area contributed by atoms with E-state index in [-0.39, 0.29) is 12.3 Å². The Bertz CT molecular complexity index is 401. The number of esters is 2. The predicted molar refractivity (Wildman–Crippen MR) is 81.8 cm³/mol. The molecule has 0 aromatic rings. The van der Waals surface area contributed by atoms with Crippen LogP contribution < -0.4 is 11.1 Å². The fourth-order valence-corrected chi connectivity index (χ4v) is 1.78. The van der Waals surface area contributed by atoms with Crippen molar-refractivity contribution in [2.75, 3.05) is 7.11 Å². The molecule has 0 unspecified atom stereocenters. The molecule has 0 spiro atoms. The van der Waals surface area contributed by atoms with Crippen molar-refractivity contribution in [1.29, 1.82) is 0 Å². The van der Waals surface area contributed by atoms with Gasteiger partial charge in [0, 0.05) is 0 Å². The molecule has 3 N–H and O–H groups in total. The van der Waals surface area contributed by atoms with E-state index in [1.807, 2.05) is 13.8 Å². The standard InChI is InChI=1S/C15H28N2O5/c1-9(2)7-10(16)13(19)17-11(14(20)21-6)8-12(18)22-15(3,4)5/h9-11H,7-8,16H2,1-6H3,(H,17,19)/t10-,11-/m0/s1. The van der Waals surface area contributed by atoms with E-state index in [1.165, 1.54) is 7.11 Å². The monoisotopic (exact) mass is 316 g/mol. The number of carbonyl (C=O) groups excluding carboxylic acids is 3. The Morgan fingerprint density at radius 1 is 1.18 bits per heavy atom. The summed E-state index contributed by atoms with van der Waals surface area (Å²) in [6.07, 6.45) is 0.177. The number of methoxy groups -OCH3 is 1. The molecule has 22 heavy (non-hydrogen) atoms. The van der Waals surface area contributed by atoms with Crippen molar-refractivity contribution < 1.29 is 23.9 Å². The minimum Gasteiger partial charge on any atom is -0.467 e. The summed E-state index contributed by atoms with van der Waals surface area (Å²) in [4.78, 5) is 35.5. The number of carbonyl (C=O) groups is 3. The van der Waals surface area contributed by atoms with Gasteiger partial charge in [-0.25, -0.2) is 4.79 Å². The molecule has 7 nitrogen and oxygen atoms in total. The van der Waals surface area contributed by atoms with Gasteiger partial charge in [-0.15, -0.1) is 0 Å². The van der Waals surface area contributed by atoms with Crippen LogP contribution in [0.4, 0.5) is 0 Å². The largest absolute Gasteiger partial charge is 0.467 e. The molecule has 7 heteroatoms. The van der Waals surface area contributed by atoms with Gasteiger partial charge >= 0.3 is 11.9 Å². The lowest BCUT2D eigenvalue weighted by Crippen LogP contribution is -2.50. The van der Waals surface area contributed by atoms with Gasteiger partial charge < -0.3 is 20.5 Å². The Morgan fingerprint density at radius 3 is 2.14 bits per heavy atom. The van der Waals surface area contributed by atoms with Crippen molar-refractivity contribution in [2.24, 2.45) is 11.7 Å². The topological polar surface area (TPSA) is 108 Å². The number of nitrogens with one attached hydrogen (secondary N) is 1. The van der Waals surface area contributed by atoms with Crippen LogP contribution in [0.25, 0.3) is 0 Å². The predicted octanol–water partition coefficient (Wildman–Crippen LogP) is 0.749. The van der Waals surface area contributed by atoms with E-state index < -0.39 is 35.5 Å². The summed E-state index contributed by atoms with van der Waals surface area (Å²) in [6.45, 7) is 9.02. The Hall–Kier alpha value is -1.63. The van der Waals surface area contributed by atoms with Gasteiger partial charge in [0.1, 0.15) is 11.6 Å². The van der Waals surface area contributed by atoms with E-state index in [1.54, 1.807) is 20.8 Å². The van der Waals surface area contributed by atoms with Crippen molar-refractivity contribution in [3.05, 3.63) is 0 Å². The van der Waals surface area contributed by atoms with Crippen molar-refractivity contribution in [3.63, 3.8) is 0 Å². The second kappa shape index (κ2) is 8.73. The zero-order chi connectivity index (χ0) is 17.5. The highest BCUT2D eigenvalue weighted by Gasteiger charge is 2.29. The van der Waals surface area contributed by atoms with Crippen LogP contribution in [0.2, 0.25) is 0 Å². The molecule has 0 aromatic carbocycles. The molecule has 0 aliphatic heterocycles. The number of ether oxygens (including phenoxy) is 2. The lowest BCUT2D eigenvalue weighted by molar-refractivity contribution is -0.159. The molecular formula is C15H28N2O5. The third-order valence-corrected chi connectivity index (χ3v) is 2.66. The SMILES string of the molecule is COC(=O)[C@H](CC(=O)OC(C)(C)C)NC(=O)[C@@H](N)CC(C)C. The van der Waals surface area contributed by atoms with Gasteiger partial charge in [-0.05, 0) is 33.1 Å². The summed E-state index contributed by atoms with van der Waals surface area (Å²) >= 11 is 0. The number of amides is 1. The Kier molecular flexibility index (Phi) is 8.08. The van der Waals surface area contributed by atoms with Crippen molar-refractivity contribution >= 4 is 17.8 Å². The van der Waals surface area contributed by atoms with E-state index in [2.05, 4.69) is 10.1 Å². The van der Waals surface area contributed by atoms with E-state index in [4.69, 9.17) is 10.5 Å². The van der Waals surface area contributed by atoms with Gasteiger partial charge in [-0.2, -0.15) is 0 Å². The second-order valence-electron chi connectivity index (χ2n) is 6.61. The fraction of sp³-hybridized carbons (Fsp3) is 0.800. The van der Waals surface area contributed by atoms with Gasteiger partial charge in [-0.3, -0.25) is 9.59 Å². The van der Waals surface area contributed by atoms with Crippen LogP contribution in [0.1, 0.15) is 47.5 Å². The van der Waals surface area contributed by atoms with Crippen LogP contribution >= 0.6 is 0 Å². The zero-order valence-electron chi connectivity index (χ0n) is 14.3. The number of hydrogen-bond acceptors (Lipinski definition) is 6. The van der Waals surface area contributed by atoms with Gasteiger partial charge in [0.05, 0.1) is 19.6 Å². The van der Waals surface area contributed by atoms with Crippen molar-refractivity contribution in [3.8, 4) is 0 Å². The Labute approximate surface area is 131 Å². The summed E-state index contributed by atoms with van der Waals surface area (Å²) in [5.41, 5.74) is 5.09. The molecule has 0 saturated heterocycles. The summed E-state index contributed by atoms with van der Waals surface area (Å²) in [5, 5.41) is 2.45. The molecule has 0 bridgehead atoms. The normalized spacial score (nSPS) is 14.2. The Balaban J connectivity index is 4.76. The number of hydrogen-bond donors (Lipinski definition) is 2. The zero-order valence-corrected chi connectivity index (χ0v) is 14.3.